The summed E-state index contributed by atoms with van der Waals surface area (Å²) in [5.41, 5.74) is 0.572. The fourth-order valence-corrected chi connectivity index (χ4v) is 4.87. The second kappa shape index (κ2) is 8.60. The Bertz CT molecular complexity index is 1060. The Kier molecular flexibility index (Phi) is 6.24. The molecule has 0 aromatic heterocycles. The van der Waals surface area contributed by atoms with Gasteiger partial charge in [-0.2, -0.15) is 5.26 Å². The number of carboxylic acid groups (broad SMARTS) is 1. The van der Waals surface area contributed by atoms with Crippen molar-refractivity contribution in [3.63, 3.8) is 0 Å². The van der Waals surface area contributed by atoms with Crippen LogP contribution in [0.25, 0.3) is 0 Å². The average Bonchev–Trinajstić information content (AvgIpc) is 2.71. The summed E-state index contributed by atoms with van der Waals surface area (Å²) in [6.07, 6.45) is -1.36. The molecule has 0 spiro atoms. The van der Waals surface area contributed by atoms with Crippen molar-refractivity contribution in [1.82, 2.24) is 5.32 Å². The first kappa shape index (κ1) is 23.2. The molecule has 0 heterocycles. The Morgan fingerprint density at radius 2 is 1.59 bits per heavy atom. The lowest BCUT2D eigenvalue weighted by molar-refractivity contribution is -0.163. The SMILES string of the molecule is CC1(C)C(NC(=O)Nc2ccc(NC(=O)O)cc2)C(C)(C)C1Oc1ccc(C#N)c(Cl)c1. The van der Waals surface area contributed by atoms with Gasteiger partial charge >= 0.3 is 12.1 Å². The van der Waals surface area contributed by atoms with Crippen LogP contribution in [0.2, 0.25) is 5.02 Å². The van der Waals surface area contributed by atoms with Gasteiger partial charge in [-0.1, -0.05) is 39.3 Å². The van der Waals surface area contributed by atoms with Crippen LogP contribution < -0.4 is 20.7 Å². The van der Waals surface area contributed by atoms with E-state index in [1.165, 1.54) is 0 Å². The van der Waals surface area contributed by atoms with Gasteiger partial charge in [0.15, 0.2) is 0 Å². The number of carbonyl (C=O) groups excluding carboxylic acids is 1. The van der Waals surface area contributed by atoms with Crippen molar-refractivity contribution in [2.75, 3.05) is 10.6 Å². The van der Waals surface area contributed by atoms with Crippen molar-refractivity contribution >= 4 is 35.1 Å². The molecule has 1 saturated carbocycles. The maximum atomic E-state index is 12.6. The maximum Gasteiger partial charge on any atom is 0.409 e. The number of amides is 3. The van der Waals surface area contributed by atoms with E-state index in [2.05, 4.69) is 16.0 Å². The number of hydrogen-bond donors (Lipinski definition) is 4. The van der Waals surface area contributed by atoms with Gasteiger partial charge in [-0.15, -0.1) is 0 Å². The number of ether oxygens (including phenoxy) is 1. The average molecular weight is 457 g/mol. The number of anilines is 2. The molecule has 0 saturated heterocycles. The van der Waals surface area contributed by atoms with Gasteiger partial charge in [0, 0.05) is 34.3 Å². The lowest BCUT2D eigenvalue weighted by Crippen LogP contribution is -2.75. The lowest BCUT2D eigenvalue weighted by Gasteiger charge is -2.63. The Balaban J connectivity index is 1.65. The van der Waals surface area contributed by atoms with Crippen molar-refractivity contribution in [3.8, 4) is 11.8 Å². The van der Waals surface area contributed by atoms with E-state index in [0.29, 0.717) is 27.7 Å². The van der Waals surface area contributed by atoms with Crippen molar-refractivity contribution in [2.45, 2.75) is 39.8 Å². The van der Waals surface area contributed by atoms with Crippen LogP contribution in [0.3, 0.4) is 0 Å². The van der Waals surface area contributed by atoms with Crippen LogP contribution in [0.15, 0.2) is 42.5 Å². The Hall–Kier alpha value is -3.44. The largest absolute Gasteiger partial charge is 0.489 e. The summed E-state index contributed by atoms with van der Waals surface area (Å²) >= 11 is 6.12. The molecule has 3 amide bonds. The quantitative estimate of drug-likeness (QED) is 0.485. The third-order valence-electron chi connectivity index (χ3n) is 5.82. The zero-order valence-corrected chi connectivity index (χ0v) is 18.9. The molecule has 3 rings (SSSR count). The molecule has 0 atom stereocenters. The minimum absolute atomic E-state index is 0.179. The molecule has 0 unspecified atom stereocenters. The van der Waals surface area contributed by atoms with Gasteiger partial charge in [-0.3, -0.25) is 5.32 Å². The van der Waals surface area contributed by atoms with Gasteiger partial charge < -0.3 is 20.5 Å². The van der Waals surface area contributed by atoms with Crippen LogP contribution in [0, 0.1) is 22.2 Å². The summed E-state index contributed by atoms with van der Waals surface area (Å²) in [6.45, 7) is 8.08. The van der Waals surface area contributed by atoms with Crippen molar-refractivity contribution in [3.05, 3.63) is 53.1 Å². The third kappa shape index (κ3) is 4.58. The van der Waals surface area contributed by atoms with Gasteiger partial charge in [0.05, 0.1) is 10.6 Å². The van der Waals surface area contributed by atoms with Crippen LogP contribution >= 0.6 is 11.6 Å². The molecule has 1 aliphatic carbocycles. The number of nitrogens with one attached hydrogen (secondary N) is 3. The van der Waals surface area contributed by atoms with E-state index in [1.807, 2.05) is 33.8 Å². The highest BCUT2D eigenvalue weighted by Gasteiger charge is 2.64. The number of urea groups is 1. The number of halogens is 1. The first-order chi connectivity index (χ1) is 14.9. The molecule has 1 aliphatic rings. The van der Waals surface area contributed by atoms with E-state index in [-0.39, 0.29) is 29.0 Å². The zero-order valence-electron chi connectivity index (χ0n) is 18.2. The predicted molar refractivity (Wildman–Crippen MR) is 122 cm³/mol. The van der Waals surface area contributed by atoms with Crippen LogP contribution in [0.1, 0.15) is 33.3 Å². The molecule has 0 bridgehead atoms. The molecule has 9 heteroatoms. The van der Waals surface area contributed by atoms with Gasteiger partial charge in [0.2, 0.25) is 0 Å². The fourth-order valence-electron chi connectivity index (χ4n) is 4.65. The molecular weight excluding hydrogens is 432 g/mol. The molecule has 1 fully saturated rings. The molecular formula is C23H25ClN4O4. The summed E-state index contributed by atoms with van der Waals surface area (Å²) in [5, 5.41) is 26.2. The summed E-state index contributed by atoms with van der Waals surface area (Å²) < 4.78 is 6.22. The minimum Gasteiger partial charge on any atom is -0.489 e. The molecule has 168 valence electrons. The molecule has 32 heavy (non-hydrogen) atoms. The summed E-state index contributed by atoms with van der Waals surface area (Å²) in [6, 6.07) is 12.8. The van der Waals surface area contributed by atoms with Gasteiger partial charge in [-0.25, -0.2) is 9.59 Å². The summed E-state index contributed by atoms with van der Waals surface area (Å²) in [4.78, 5) is 23.3. The van der Waals surface area contributed by atoms with Gasteiger partial charge in [0.1, 0.15) is 17.9 Å². The second-order valence-corrected chi connectivity index (χ2v) is 9.34. The van der Waals surface area contributed by atoms with E-state index in [1.54, 1.807) is 42.5 Å². The smallest absolute Gasteiger partial charge is 0.409 e. The number of nitrogens with zero attached hydrogens (tertiary/aromatic N) is 1. The van der Waals surface area contributed by atoms with Gasteiger partial charge in [0.25, 0.3) is 0 Å². The number of hydrogen-bond acceptors (Lipinski definition) is 4. The van der Waals surface area contributed by atoms with E-state index in [4.69, 9.17) is 26.7 Å². The van der Waals surface area contributed by atoms with Crippen LogP contribution in [0.4, 0.5) is 21.0 Å². The van der Waals surface area contributed by atoms with E-state index >= 15 is 0 Å². The zero-order chi connectivity index (χ0) is 23.7. The predicted octanol–water partition coefficient (Wildman–Crippen LogP) is 5.31. The van der Waals surface area contributed by atoms with Crippen molar-refractivity contribution < 1.29 is 19.4 Å². The Labute approximate surface area is 191 Å². The highest BCUT2D eigenvalue weighted by Crippen LogP contribution is 2.55. The van der Waals surface area contributed by atoms with Crippen LogP contribution in [-0.4, -0.2) is 29.4 Å². The van der Waals surface area contributed by atoms with Crippen LogP contribution in [-0.2, 0) is 0 Å². The topological polar surface area (TPSA) is 123 Å². The monoisotopic (exact) mass is 456 g/mol. The second-order valence-electron chi connectivity index (χ2n) is 8.93. The molecule has 2 aromatic rings. The molecule has 4 N–H and O–H groups in total. The molecule has 8 nitrogen and oxygen atoms in total. The van der Waals surface area contributed by atoms with E-state index in [0.717, 1.165) is 0 Å². The number of benzene rings is 2. The lowest BCUT2D eigenvalue weighted by atomic mass is 9.49. The van der Waals surface area contributed by atoms with Gasteiger partial charge in [-0.05, 0) is 36.4 Å². The number of carbonyl (C=O) groups is 2. The number of nitriles is 1. The molecule has 0 aliphatic heterocycles. The Morgan fingerprint density at radius 3 is 2.09 bits per heavy atom. The highest BCUT2D eigenvalue weighted by atomic mass is 35.5. The Morgan fingerprint density at radius 1 is 1.03 bits per heavy atom. The molecule has 2 aromatic carbocycles. The first-order valence-electron chi connectivity index (χ1n) is 9.99. The summed E-state index contributed by atoms with van der Waals surface area (Å²) in [5.74, 6) is 0.568. The highest BCUT2D eigenvalue weighted by molar-refractivity contribution is 6.31. The van der Waals surface area contributed by atoms with E-state index < -0.39 is 6.09 Å². The minimum atomic E-state index is -1.15. The standard InChI is InChI=1S/C23H25ClN4O4/c1-22(2)18(28-20(29)26-14-6-8-15(9-7-14)27-21(30)31)23(3,4)19(22)32-16-10-5-13(12-25)17(24)11-16/h5-11,18-19,27H,1-4H3,(H,30,31)(H2,26,28,29). The normalized spacial score (nSPS) is 20.2. The third-order valence-corrected chi connectivity index (χ3v) is 6.14. The summed E-state index contributed by atoms with van der Waals surface area (Å²) in [7, 11) is 0. The maximum absolute atomic E-state index is 12.6. The van der Waals surface area contributed by atoms with Crippen molar-refractivity contribution in [2.24, 2.45) is 10.8 Å². The van der Waals surface area contributed by atoms with Crippen LogP contribution in [0.5, 0.6) is 5.75 Å². The fraction of sp³-hybridized carbons (Fsp3) is 0.348. The van der Waals surface area contributed by atoms with Crippen molar-refractivity contribution in [1.29, 1.82) is 5.26 Å². The number of rotatable bonds is 5. The van der Waals surface area contributed by atoms with E-state index in [9.17, 15) is 9.59 Å². The first-order valence-corrected chi connectivity index (χ1v) is 10.4. The molecule has 0 radical (unpaired) electrons.